The molecule has 0 aromatic heterocycles. The summed E-state index contributed by atoms with van der Waals surface area (Å²) < 4.78 is 10.9. The smallest absolute Gasteiger partial charge is 0.323 e. The summed E-state index contributed by atoms with van der Waals surface area (Å²) in [4.78, 5) is 26.0. The Morgan fingerprint density at radius 3 is 2.67 bits per heavy atom. The molecule has 1 aliphatic rings. The van der Waals surface area contributed by atoms with E-state index >= 15 is 0 Å². The molecule has 3 rings (SSSR count). The van der Waals surface area contributed by atoms with Gasteiger partial charge < -0.3 is 25.0 Å². The first-order valence-corrected chi connectivity index (χ1v) is 8.90. The second-order valence-electron chi connectivity index (χ2n) is 6.04. The Balaban J connectivity index is 1.72. The van der Waals surface area contributed by atoms with Gasteiger partial charge in [0.2, 0.25) is 5.91 Å². The zero-order valence-corrected chi connectivity index (χ0v) is 15.5. The first-order valence-electron chi connectivity index (χ1n) is 8.90. The van der Waals surface area contributed by atoms with Crippen LogP contribution in [0.15, 0.2) is 42.5 Å². The van der Waals surface area contributed by atoms with Crippen LogP contribution in [0.5, 0.6) is 11.5 Å². The summed E-state index contributed by atoms with van der Waals surface area (Å²) in [6.07, 6.45) is 1.38. The van der Waals surface area contributed by atoms with E-state index in [0.717, 1.165) is 6.42 Å². The van der Waals surface area contributed by atoms with Crippen molar-refractivity contribution in [2.75, 3.05) is 35.8 Å². The predicted molar refractivity (Wildman–Crippen MR) is 105 cm³/mol. The summed E-state index contributed by atoms with van der Waals surface area (Å²) in [6, 6.07) is 12.1. The Morgan fingerprint density at radius 1 is 1.15 bits per heavy atom. The number of hydrogen-bond acceptors (Lipinski definition) is 4. The average molecular weight is 369 g/mol. The van der Waals surface area contributed by atoms with E-state index in [0.29, 0.717) is 48.1 Å². The van der Waals surface area contributed by atoms with Crippen LogP contribution >= 0.6 is 0 Å². The summed E-state index contributed by atoms with van der Waals surface area (Å²) in [5, 5.41) is 5.55. The Bertz CT molecular complexity index is 838. The molecule has 0 atom stereocenters. The molecule has 0 radical (unpaired) electrons. The zero-order valence-electron chi connectivity index (χ0n) is 15.5. The maximum absolute atomic E-state index is 12.3. The molecule has 1 heterocycles. The maximum Gasteiger partial charge on any atom is 0.323 e. The molecule has 2 aromatic rings. The van der Waals surface area contributed by atoms with Crippen LogP contribution in [0, 0.1) is 0 Å². The number of carbonyl (C=O) groups excluding carboxylic acids is 2. The van der Waals surface area contributed by atoms with Gasteiger partial charge in [-0.25, -0.2) is 4.79 Å². The van der Waals surface area contributed by atoms with Crippen LogP contribution in [0.1, 0.15) is 19.8 Å². The molecule has 0 saturated carbocycles. The molecule has 0 unspecified atom stereocenters. The normalized spacial score (nSPS) is 13.4. The number of nitrogens with one attached hydrogen (secondary N) is 2. The van der Waals surface area contributed by atoms with E-state index in [1.165, 1.54) is 0 Å². The maximum atomic E-state index is 12.3. The van der Waals surface area contributed by atoms with Gasteiger partial charge in [-0.3, -0.25) is 4.79 Å². The molecular weight excluding hydrogens is 346 g/mol. The van der Waals surface area contributed by atoms with Crippen molar-refractivity contribution >= 4 is 29.0 Å². The molecule has 27 heavy (non-hydrogen) atoms. The lowest BCUT2D eigenvalue weighted by molar-refractivity contribution is -0.117. The first kappa shape index (κ1) is 18.6. The van der Waals surface area contributed by atoms with Crippen LogP contribution in [0.4, 0.5) is 21.9 Å². The monoisotopic (exact) mass is 369 g/mol. The Kier molecular flexibility index (Phi) is 5.80. The minimum absolute atomic E-state index is 0.0827. The molecule has 1 aliphatic heterocycles. The van der Waals surface area contributed by atoms with Crippen molar-refractivity contribution in [1.82, 2.24) is 0 Å². The molecule has 0 aliphatic carbocycles. The highest BCUT2D eigenvalue weighted by atomic mass is 16.5. The summed E-state index contributed by atoms with van der Waals surface area (Å²) in [5.41, 5.74) is 1.87. The summed E-state index contributed by atoms with van der Waals surface area (Å²) in [5.74, 6) is 1.23. The molecule has 1 fully saturated rings. The number of nitrogens with zero attached hydrogens (tertiary/aromatic N) is 1. The quantitative estimate of drug-likeness (QED) is 0.810. The number of para-hydroxylation sites is 2. The van der Waals surface area contributed by atoms with Gasteiger partial charge in [0.05, 0.1) is 25.1 Å². The minimum atomic E-state index is -0.394. The lowest BCUT2D eigenvalue weighted by Gasteiger charge is -2.20. The van der Waals surface area contributed by atoms with Crippen LogP contribution in [-0.4, -0.2) is 32.2 Å². The van der Waals surface area contributed by atoms with Crippen molar-refractivity contribution in [3.63, 3.8) is 0 Å². The predicted octanol–water partition coefficient (Wildman–Crippen LogP) is 3.86. The fraction of sp³-hybridized carbons (Fsp3) is 0.300. The van der Waals surface area contributed by atoms with Crippen LogP contribution in [-0.2, 0) is 4.79 Å². The average Bonchev–Trinajstić information content (AvgIpc) is 3.09. The molecule has 7 nitrogen and oxygen atoms in total. The Morgan fingerprint density at radius 2 is 1.96 bits per heavy atom. The Hall–Kier alpha value is -3.22. The lowest BCUT2D eigenvalue weighted by atomic mass is 10.2. The number of hydrogen-bond donors (Lipinski definition) is 2. The van der Waals surface area contributed by atoms with Gasteiger partial charge >= 0.3 is 6.03 Å². The van der Waals surface area contributed by atoms with Gasteiger partial charge in [-0.15, -0.1) is 0 Å². The first-order chi connectivity index (χ1) is 13.1. The standard InChI is InChI=1S/C20H23N3O4/c1-3-27-17-8-5-4-7-15(17)22-20(25)21-14-10-11-16(18(13-14)26-2)23-12-6-9-19(23)24/h4-5,7-8,10-11,13H,3,6,9,12H2,1-2H3,(H2,21,22,25). The van der Waals surface area contributed by atoms with E-state index in [9.17, 15) is 9.59 Å². The van der Waals surface area contributed by atoms with Gasteiger partial charge in [0, 0.05) is 24.7 Å². The molecule has 0 bridgehead atoms. The third-order valence-electron chi connectivity index (χ3n) is 4.24. The lowest BCUT2D eigenvalue weighted by Crippen LogP contribution is -2.24. The highest BCUT2D eigenvalue weighted by Crippen LogP contribution is 2.34. The molecule has 0 spiro atoms. The van der Waals surface area contributed by atoms with Gasteiger partial charge in [0.1, 0.15) is 11.5 Å². The number of carbonyl (C=O) groups is 2. The van der Waals surface area contributed by atoms with Crippen LogP contribution in [0.2, 0.25) is 0 Å². The molecule has 1 saturated heterocycles. The van der Waals surface area contributed by atoms with Gasteiger partial charge in [-0.2, -0.15) is 0 Å². The van der Waals surface area contributed by atoms with Gasteiger partial charge in [0.15, 0.2) is 0 Å². The molecule has 142 valence electrons. The van der Waals surface area contributed by atoms with Gasteiger partial charge in [-0.05, 0) is 37.6 Å². The number of rotatable bonds is 6. The summed E-state index contributed by atoms with van der Waals surface area (Å²) in [7, 11) is 1.54. The second-order valence-corrected chi connectivity index (χ2v) is 6.04. The minimum Gasteiger partial charge on any atom is -0.494 e. The topological polar surface area (TPSA) is 79.9 Å². The van der Waals surface area contributed by atoms with E-state index in [1.807, 2.05) is 19.1 Å². The number of amides is 3. The Labute approximate surface area is 158 Å². The van der Waals surface area contributed by atoms with Crippen molar-refractivity contribution in [1.29, 1.82) is 0 Å². The van der Waals surface area contributed by atoms with Crippen molar-refractivity contribution < 1.29 is 19.1 Å². The largest absolute Gasteiger partial charge is 0.494 e. The van der Waals surface area contributed by atoms with Crippen molar-refractivity contribution in [3.05, 3.63) is 42.5 Å². The van der Waals surface area contributed by atoms with Crippen LogP contribution in [0.25, 0.3) is 0 Å². The van der Waals surface area contributed by atoms with Crippen LogP contribution < -0.4 is 25.0 Å². The number of benzene rings is 2. The number of urea groups is 1. The zero-order chi connectivity index (χ0) is 19.2. The summed E-state index contributed by atoms with van der Waals surface area (Å²) >= 11 is 0. The highest BCUT2D eigenvalue weighted by molar-refractivity contribution is 6.01. The molecule has 3 amide bonds. The van der Waals surface area contributed by atoms with Gasteiger partial charge in [-0.1, -0.05) is 12.1 Å². The fourth-order valence-corrected chi connectivity index (χ4v) is 3.02. The van der Waals surface area contributed by atoms with Crippen molar-refractivity contribution in [2.24, 2.45) is 0 Å². The third-order valence-corrected chi connectivity index (χ3v) is 4.24. The number of anilines is 3. The highest BCUT2D eigenvalue weighted by Gasteiger charge is 2.24. The molecular formula is C20H23N3O4. The van der Waals surface area contributed by atoms with Crippen molar-refractivity contribution in [2.45, 2.75) is 19.8 Å². The molecule has 2 N–H and O–H groups in total. The van der Waals surface area contributed by atoms with E-state index in [4.69, 9.17) is 9.47 Å². The SMILES string of the molecule is CCOc1ccccc1NC(=O)Nc1ccc(N2CCCC2=O)c(OC)c1. The molecule has 7 heteroatoms. The van der Waals surface area contributed by atoms with E-state index < -0.39 is 6.03 Å². The van der Waals surface area contributed by atoms with E-state index in [1.54, 1.807) is 42.3 Å². The number of ether oxygens (including phenoxy) is 2. The van der Waals surface area contributed by atoms with Crippen LogP contribution in [0.3, 0.4) is 0 Å². The van der Waals surface area contributed by atoms with E-state index in [-0.39, 0.29) is 5.91 Å². The van der Waals surface area contributed by atoms with Crippen molar-refractivity contribution in [3.8, 4) is 11.5 Å². The second kappa shape index (κ2) is 8.44. The van der Waals surface area contributed by atoms with E-state index in [2.05, 4.69) is 10.6 Å². The third kappa shape index (κ3) is 4.31. The summed E-state index contributed by atoms with van der Waals surface area (Å²) in [6.45, 7) is 3.07. The van der Waals surface area contributed by atoms with Gasteiger partial charge in [0.25, 0.3) is 0 Å². The molecule has 2 aromatic carbocycles. The fourth-order valence-electron chi connectivity index (χ4n) is 3.02. The number of methoxy groups -OCH3 is 1.